The third-order valence-corrected chi connectivity index (χ3v) is 5.90. The Morgan fingerprint density at radius 2 is 2.39 bits per heavy atom. The van der Waals surface area contributed by atoms with Gasteiger partial charge in [0.25, 0.3) is 0 Å². The molecule has 146 valence electrons. The number of rotatable bonds is 7. The third-order valence-electron chi connectivity index (χ3n) is 4.17. The molecular weight excluding hydrogens is 421 g/mol. The van der Waals surface area contributed by atoms with Crippen molar-refractivity contribution < 1.29 is 13.5 Å². The SMILES string of the molecule is Fc1cc(OCC2NCCC=C2c2ccco2)c(Cl)cc1SNc1cscn1. The Morgan fingerprint density at radius 1 is 1.46 bits per heavy atom. The van der Waals surface area contributed by atoms with Gasteiger partial charge in [0, 0.05) is 17.0 Å². The molecule has 0 aliphatic carbocycles. The number of hydrogen-bond acceptors (Lipinski definition) is 7. The molecule has 1 aliphatic heterocycles. The van der Waals surface area contributed by atoms with Crippen molar-refractivity contribution in [2.75, 3.05) is 17.9 Å². The highest BCUT2D eigenvalue weighted by atomic mass is 35.5. The van der Waals surface area contributed by atoms with E-state index < -0.39 is 5.82 Å². The van der Waals surface area contributed by atoms with Crippen LogP contribution in [0.1, 0.15) is 12.2 Å². The molecule has 3 aromatic rings. The van der Waals surface area contributed by atoms with Gasteiger partial charge in [-0.25, -0.2) is 9.37 Å². The Hall–Kier alpha value is -2.00. The Bertz CT molecular complexity index is 949. The van der Waals surface area contributed by atoms with E-state index >= 15 is 0 Å². The molecule has 1 unspecified atom stereocenters. The van der Waals surface area contributed by atoms with Gasteiger partial charge in [0.2, 0.25) is 0 Å². The van der Waals surface area contributed by atoms with Crippen molar-refractivity contribution in [3.63, 3.8) is 0 Å². The lowest BCUT2D eigenvalue weighted by molar-refractivity contribution is 0.285. The number of ether oxygens (including phenoxy) is 1. The van der Waals surface area contributed by atoms with Crippen LogP contribution in [0.4, 0.5) is 10.2 Å². The zero-order chi connectivity index (χ0) is 19.3. The minimum absolute atomic E-state index is 0.0561. The number of halogens is 2. The number of aromatic nitrogens is 1. The standard InChI is InChI=1S/C19H17ClFN3O2S2/c20-13-7-18(28-24-19-10-27-11-23-19)14(21)8-17(13)26-9-15-12(3-1-5-22-15)16-4-2-6-25-16/h2-4,6-8,10-11,15,22,24H,1,5,9H2. The van der Waals surface area contributed by atoms with Gasteiger partial charge in [-0.3, -0.25) is 0 Å². The second-order valence-electron chi connectivity index (χ2n) is 6.03. The van der Waals surface area contributed by atoms with Crippen LogP contribution in [0, 0.1) is 5.82 Å². The van der Waals surface area contributed by atoms with Crippen molar-refractivity contribution in [1.29, 1.82) is 0 Å². The maximum Gasteiger partial charge on any atom is 0.147 e. The van der Waals surface area contributed by atoms with Crippen molar-refractivity contribution >= 4 is 46.3 Å². The Labute approximate surface area is 175 Å². The molecule has 28 heavy (non-hydrogen) atoms. The van der Waals surface area contributed by atoms with Gasteiger partial charge in [-0.15, -0.1) is 11.3 Å². The number of nitrogens with one attached hydrogen (secondary N) is 2. The molecule has 0 bridgehead atoms. The molecule has 3 heterocycles. The van der Waals surface area contributed by atoms with E-state index in [9.17, 15) is 4.39 Å². The zero-order valence-electron chi connectivity index (χ0n) is 14.7. The molecule has 1 aromatic carbocycles. The van der Waals surface area contributed by atoms with Gasteiger partial charge in [-0.05, 0) is 43.1 Å². The average molecular weight is 438 g/mol. The second kappa shape index (κ2) is 9.00. The van der Waals surface area contributed by atoms with Crippen LogP contribution in [0.2, 0.25) is 5.02 Å². The van der Waals surface area contributed by atoms with Crippen molar-refractivity contribution in [3.05, 3.63) is 64.1 Å². The van der Waals surface area contributed by atoms with E-state index in [-0.39, 0.29) is 6.04 Å². The summed E-state index contributed by atoms with van der Waals surface area (Å²) in [6, 6.07) is 6.57. The first kappa shape index (κ1) is 19.3. The highest BCUT2D eigenvalue weighted by Gasteiger charge is 2.22. The van der Waals surface area contributed by atoms with Gasteiger partial charge in [0.1, 0.15) is 29.8 Å². The van der Waals surface area contributed by atoms with E-state index in [0.29, 0.717) is 28.1 Å². The summed E-state index contributed by atoms with van der Waals surface area (Å²) in [5.74, 6) is 1.37. The van der Waals surface area contributed by atoms with Crippen LogP contribution in [0.5, 0.6) is 5.75 Å². The first-order chi connectivity index (χ1) is 13.7. The molecule has 0 radical (unpaired) electrons. The van der Waals surface area contributed by atoms with Gasteiger partial charge in [0.05, 0.1) is 27.7 Å². The average Bonchev–Trinajstić information content (AvgIpc) is 3.41. The second-order valence-corrected chi connectivity index (χ2v) is 8.01. The molecule has 0 saturated carbocycles. The normalized spacial score (nSPS) is 16.6. The van der Waals surface area contributed by atoms with E-state index in [1.54, 1.807) is 17.8 Å². The summed E-state index contributed by atoms with van der Waals surface area (Å²) in [5.41, 5.74) is 2.74. The molecule has 0 spiro atoms. The van der Waals surface area contributed by atoms with Gasteiger partial charge < -0.3 is 19.2 Å². The molecule has 5 nitrogen and oxygen atoms in total. The van der Waals surface area contributed by atoms with Crippen molar-refractivity contribution in [1.82, 2.24) is 10.3 Å². The van der Waals surface area contributed by atoms with Gasteiger partial charge in [-0.2, -0.15) is 0 Å². The molecule has 0 fully saturated rings. The van der Waals surface area contributed by atoms with E-state index in [1.807, 2.05) is 17.5 Å². The predicted octanol–water partition coefficient (Wildman–Crippen LogP) is 5.47. The molecule has 2 N–H and O–H groups in total. The van der Waals surface area contributed by atoms with Crippen LogP contribution in [0.15, 0.2) is 56.8 Å². The number of hydrogen-bond donors (Lipinski definition) is 2. The topological polar surface area (TPSA) is 59.3 Å². The maximum absolute atomic E-state index is 14.5. The first-order valence-electron chi connectivity index (χ1n) is 8.61. The van der Waals surface area contributed by atoms with E-state index in [1.165, 1.54) is 17.4 Å². The first-order valence-corrected chi connectivity index (χ1v) is 10.7. The minimum atomic E-state index is -0.412. The van der Waals surface area contributed by atoms with Gasteiger partial charge in [0.15, 0.2) is 0 Å². The van der Waals surface area contributed by atoms with E-state index in [2.05, 4.69) is 21.1 Å². The summed E-state index contributed by atoms with van der Waals surface area (Å²) < 4.78 is 28.8. The smallest absolute Gasteiger partial charge is 0.147 e. The van der Waals surface area contributed by atoms with Crippen LogP contribution in [-0.2, 0) is 0 Å². The lowest BCUT2D eigenvalue weighted by atomic mass is 10.0. The quantitative estimate of drug-likeness (QED) is 0.478. The molecular formula is C19H17ClFN3O2S2. The lowest BCUT2D eigenvalue weighted by Crippen LogP contribution is -2.38. The highest BCUT2D eigenvalue weighted by Crippen LogP contribution is 2.34. The van der Waals surface area contributed by atoms with Crippen molar-refractivity contribution in [2.24, 2.45) is 0 Å². The van der Waals surface area contributed by atoms with E-state index in [4.69, 9.17) is 20.8 Å². The highest BCUT2D eigenvalue weighted by molar-refractivity contribution is 8.00. The molecule has 4 rings (SSSR count). The summed E-state index contributed by atoms with van der Waals surface area (Å²) in [7, 11) is 0. The summed E-state index contributed by atoms with van der Waals surface area (Å²) >= 11 is 8.89. The Morgan fingerprint density at radius 3 is 3.18 bits per heavy atom. The fraction of sp³-hybridized carbons (Fsp3) is 0.211. The van der Waals surface area contributed by atoms with Gasteiger partial charge >= 0.3 is 0 Å². The fourth-order valence-corrected chi connectivity index (χ4v) is 4.34. The number of thiazole rings is 1. The maximum atomic E-state index is 14.5. The summed E-state index contributed by atoms with van der Waals surface area (Å²) in [6.45, 7) is 1.16. The number of anilines is 1. The molecule has 9 heteroatoms. The molecule has 0 amide bonds. The fourth-order valence-electron chi connectivity index (χ4n) is 2.84. The summed E-state index contributed by atoms with van der Waals surface area (Å²) in [4.78, 5) is 4.47. The summed E-state index contributed by atoms with van der Waals surface area (Å²) in [6.07, 6.45) is 4.69. The number of nitrogens with zero attached hydrogens (tertiary/aromatic N) is 1. The van der Waals surface area contributed by atoms with E-state index in [0.717, 1.165) is 36.2 Å². The van der Waals surface area contributed by atoms with Crippen LogP contribution in [0.25, 0.3) is 5.57 Å². The Balaban J connectivity index is 1.42. The Kier molecular flexibility index (Phi) is 6.21. The predicted molar refractivity (Wildman–Crippen MR) is 112 cm³/mol. The summed E-state index contributed by atoms with van der Waals surface area (Å²) in [5, 5.41) is 5.59. The van der Waals surface area contributed by atoms with Crippen LogP contribution >= 0.6 is 34.9 Å². The van der Waals surface area contributed by atoms with Crippen molar-refractivity contribution in [3.8, 4) is 5.75 Å². The van der Waals surface area contributed by atoms with Gasteiger partial charge in [-0.1, -0.05) is 17.7 Å². The number of furan rings is 1. The molecule has 2 aromatic heterocycles. The molecule has 1 aliphatic rings. The third kappa shape index (κ3) is 4.52. The molecule has 0 saturated heterocycles. The van der Waals surface area contributed by atoms with Crippen LogP contribution in [-0.4, -0.2) is 24.2 Å². The van der Waals surface area contributed by atoms with Crippen LogP contribution in [0.3, 0.4) is 0 Å². The monoisotopic (exact) mass is 437 g/mol. The largest absolute Gasteiger partial charge is 0.490 e. The van der Waals surface area contributed by atoms with Crippen LogP contribution < -0.4 is 14.8 Å². The minimum Gasteiger partial charge on any atom is -0.490 e. The zero-order valence-corrected chi connectivity index (χ0v) is 17.0. The number of benzene rings is 1. The molecule has 1 atom stereocenters. The lowest BCUT2D eigenvalue weighted by Gasteiger charge is -2.25. The van der Waals surface area contributed by atoms with Crippen molar-refractivity contribution in [2.45, 2.75) is 17.4 Å².